The molecule has 0 unspecified atom stereocenters. The molecule has 2 aromatic carbocycles. The van der Waals surface area contributed by atoms with E-state index >= 15 is 0 Å². The van der Waals surface area contributed by atoms with Crippen LogP contribution in [0.3, 0.4) is 0 Å². The third-order valence-electron chi connectivity index (χ3n) is 4.63. The molecule has 1 aromatic heterocycles. The Hall–Kier alpha value is -3.54. The molecule has 0 aliphatic rings. The summed E-state index contributed by atoms with van der Waals surface area (Å²) in [4.78, 5) is 16.4. The van der Waals surface area contributed by atoms with Gasteiger partial charge in [-0.15, -0.1) is 0 Å². The number of hydrogen-bond donors (Lipinski definition) is 2. The molecule has 2 N–H and O–H groups in total. The molecule has 156 valence electrons. The number of aromatic nitrogens is 1. The minimum absolute atomic E-state index is 0.0483. The first-order chi connectivity index (χ1) is 14.7. The fraction of sp³-hybridized carbons (Fsp3) is 0.250. The van der Waals surface area contributed by atoms with Crippen molar-refractivity contribution < 1.29 is 14.3 Å². The van der Waals surface area contributed by atoms with E-state index in [0.717, 1.165) is 31.0 Å². The molecule has 3 rings (SSSR count). The molecule has 6 heteroatoms. The third-order valence-corrected chi connectivity index (χ3v) is 4.63. The van der Waals surface area contributed by atoms with E-state index in [1.54, 1.807) is 13.3 Å². The van der Waals surface area contributed by atoms with E-state index in [1.807, 2.05) is 60.7 Å². The lowest BCUT2D eigenvalue weighted by atomic mass is 10.1. The van der Waals surface area contributed by atoms with Gasteiger partial charge in [-0.1, -0.05) is 31.2 Å². The number of rotatable bonds is 10. The van der Waals surface area contributed by atoms with Gasteiger partial charge in [0.05, 0.1) is 19.0 Å². The monoisotopic (exact) mass is 405 g/mol. The van der Waals surface area contributed by atoms with Crippen molar-refractivity contribution in [3.8, 4) is 11.5 Å². The summed E-state index contributed by atoms with van der Waals surface area (Å²) in [6, 6.07) is 19.4. The number of carbonyl (C=O) groups is 1. The summed E-state index contributed by atoms with van der Waals surface area (Å²) < 4.78 is 10.7. The van der Waals surface area contributed by atoms with Gasteiger partial charge in [0, 0.05) is 6.54 Å². The molecule has 3 aromatic rings. The number of methoxy groups -OCH3 is 1. The Labute approximate surface area is 177 Å². The molecule has 0 saturated carbocycles. The highest BCUT2D eigenvalue weighted by Crippen LogP contribution is 2.14. The van der Waals surface area contributed by atoms with Gasteiger partial charge in [0.2, 0.25) is 0 Å². The van der Waals surface area contributed by atoms with E-state index < -0.39 is 0 Å². The molecule has 6 nitrogen and oxygen atoms in total. The summed E-state index contributed by atoms with van der Waals surface area (Å²) in [5.74, 6) is 2.06. The summed E-state index contributed by atoms with van der Waals surface area (Å²) in [6.45, 7) is 2.81. The van der Waals surface area contributed by atoms with E-state index in [0.29, 0.717) is 11.4 Å². The number of nitrogens with zero attached hydrogens (tertiary/aromatic N) is 1. The van der Waals surface area contributed by atoms with E-state index in [2.05, 4.69) is 22.5 Å². The predicted molar refractivity (Wildman–Crippen MR) is 119 cm³/mol. The molecule has 0 bridgehead atoms. The van der Waals surface area contributed by atoms with Gasteiger partial charge in [-0.2, -0.15) is 0 Å². The van der Waals surface area contributed by atoms with Gasteiger partial charge in [0.15, 0.2) is 6.61 Å². The van der Waals surface area contributed by atoms with Gasteiger partial charge >= 0.3 is 0 Å². The standard InChI is InChI=1S/C24H27N3O3/c1-3-18-4-11-22(12-5-18)30-17-24(28)27-20-8-13-23(26-16-20)25-15-14-19-6-9-21(29-2)10-7-19/h4-13,16H,3,14-15,17H2,1-2H3,(H,25,26)(H,27,28). The molecule has 0 atom stereocenters. The third kappa shape index (κ3) is 6.51. The molecule has 0 saturated heterocycles. The van der Waals surface area contributed by atoms with Gasteiger partial charge < -0.3 is 20.1 Å². The van der Waals surface area contributed by atoms with Gasteiger partial charge in [-0.05, 0) is 60.4 Å². The van der Waals surface area contributed by atoms with Crippen LogP contribution in [-0.4, -0.2) is 31.2 Å². The zero-order valence-corrected chi connectivity index (χ0v) is 17.4. The Morgan fingerprint density at radius 2 is 1.63 bits per heavy atom. The van der Waals surface area contributed by atoms with Crippen LogP contribution in [0.4, 0.5) is 11.5 Å². The van der Waals surface area contributed by atoms with Crippen LogP contribution < -0.4 is 20.1 Å². The number of amides is 1. The van der Waals surface area contributed by atoms with E-state index in [1.165, 1.54) is 11.1 Å². The highest BCUT2D eigenvalue weighted by molar-refractivity contribution is 5.91. The summed E-state index contributed by atoms with van der Waals surface area (Å²) in [5, 5.41) is 6.07. The fourth-order valence-electron chi connectivity index (χ4n) is 2.87. The van der Waals surface area contributed by atoms with Crippen LogP contribution in [0.25, 0.3) is 0 Å². The Morgan fingerprint density at radius 3 is 2.27 bits per heavy atom. The van der Waals surface area contributed by atoms with Crippen molar-refractivity contribution in [3.05, 3.63) is 78.0 Å². The molecular weight excluding hydrogens is 378 g/mol. The van der Waals surface area contributed by atoms with Gasteiger partial charge in [-0.25, -0.2) is 4.98 Å². The molecular formula is C24H27N3O3. The first-order valence-electron chi connectivity index (χ1n) is 10.0. The van der Waals surface area contributed by atoms with Crippen LogP contribution in [0, 0.1) is 0 Å². The second-order valence-corrected chi connectivity index (χ2v) is 6.79. The molecule has 30 heavy (non-hydrogen) atoms. The van der Waals surface area contributed by atoms with Crippen LogP contribution in [0.15, 0.2) is 66.9 Å². The number of carbonyl (C=O) groups excluding carboxylic acids is 1. The Balaban J connectivity index is 1.40. The number of ether oxygens (including phenoxy) is 2. The lowest BCUT2D eigenvalue weighted by Gasteiger charge is -2.09. The van der Waals surface area contributed by atoms with Crippen LogP contribution in [-0.2, 0) is 17.6 Å². The van der Waals surface area contributed by atoms with Crippen molar-refractivity contribution in [2.24, 2.45) is 0 Å². The van der Waals surface area contributed by atoms with Gasteiger partial charge in [0.25, 0.3) is 5.91 Å². The summed E-state index contributed by atoms with van der Waals surface area (Å²) in [7, 11) is 1.66. The van der Waals surface area contributed by atoms with Crippen molar-refractivity contribution in [3.63, 3.8) is 0 Å². The highest BCUT2D eigenvalue weighted by atomic mass is 16.5. The summed E-state index contributed by atoms with van der Waals surface area (Å²) in [5.41, 5.74) is 3.08. The maximum Gasteiger partial charge on any atom is 0.262 e. The highest BCUT2D eigenvalue weighted by Gasteiger charge is 2.05. The Bertz CT molecular complexity index is 923. The molecule has 0 aliphatic heterocycles. The van der Waals surface area contributed by atoms with Gasteiger partial charge in [-0.3, -0.25) is 4.79 Å². The smallest absolute Gasteiger partial charge is 0.262 e. The number of nitrogens with one attached hydrogen (secondary N) is 2. The van der Waals surface area contributed by atoms with Crippen molar-refractivity contribution in [1.29, 1.82) is 0 Å². The number of pyridine rings is 1. The first kappa shape index (κ1) is 21.2. The molecule has 1 heterocycles. The first-order valence-corrected chi connectivity index (χ1v) is 10.0. The van der Waals surface area contributed by atoms with Crippen LogP contribution in [0.1, 0.15) is 18.1 Å². The fourth-order valence-corrected chi connectivity index (χ4v) is 2.87. The zero-order chi connectivity index (χ0) is 21.2. The van der Waals surface area contributed by atoms with E-state index in [-0.39, 0.29) is 12.5 Å². The van der Waals surface area contributed by atoms with Crippen molar-refractivity contribution in [2.75, 3.05) is 30.9 Å². The summed E-state index contributed by atoms with van der Waals surface area (Å²) >= 11 is 0. The molecule has 0 fully saturated rings. The minimum atomic E-state index is -0.225. The quantitative estimate of drug-likeness (QED) is 0.525. The number of anilines is 2. The average molecular weight is 405 g/mol. The topological polar surface area (TPSA) is 72.5 Å². The SMILES string of the molecule is CCc1ccc(OCC(=O)Nc2ccc(NCCc3ccc(OC)cc3)nc2)cc1. The average Bonchev–Trinajstić information content (AvgIpc) is 2.79. The second-order valence-electron chi connectivity index (χ2n) is 6.79. The van der Waals surface area contributed by atoms with Crippen LogP contribution in [0.2, 0.25) is 0 Å². The van der Waals surface area contributed by atoms with E-state index in [9.17, 15) is 4.79 Å². The maximum atomic E-state index is 12.1. The number of hydrogen-bond acceptors (Lipinski definition) is 5. The normalized spacial score (nSPS) is 10.3. The molecule has 0 radical (unpaired) electrons. The predicted octanol–water partition coefficient (Wildman–Crippen LogP) is 4.32. The second kappa shape index (κ2) is 10.9. The van der Waals surface area contributed by atoms with Crippen LogP contribution in [0.5, 0.6) is 11.5 Å². The number of benzene rings is 2. The van der Waals surface area contributed by atoms with Crippen molar-refractivity contribution in [1.82, 2.24) is 4.98 Å². The van der Waals surface area contributed by atoms with Crippen molar-refractivity contribution >= 4 is 17.4 Å². The Kier molecular flexibility index (Phi) is 7.66. The molecule has 0 spiro atoms. The Morgan fingerprint density at radius 1 is 0.933 bits per heavy atom. The van der Waals surface area contributed by atoms with Crippen molar-refractivity contribution in [2.45, 2.75) is 19.8 Å². The van der Waals surface area contributed by atoms with Crippen LogP contribution >= 0.6 is 0 Å². The zero-order valence-electron chi connectivity index (χ0n) is 17.4. The molecule has 0 aliphatic carbocycles. The lowest BCUT2D eigenvalue weighted by molar-refractivity contribution is -0.118. The minimum Gasteiger partial charge on any atom is -0.497 e. The van der Waals surface area contributed by atoms with Gasteiger partial charge in [0.1, 0.15) is 17.3 Å². The maximum absolute atomic E-state index is 12.1. The lowest BCUT2D eigenvalue weighted by Crippen LogP contribution is -2.20. The van der Waals surface area contributed by atoms with E-state index in [4.69, 9.17) is 9.47 Å². The number of aryl methyl sites for hydroxylation is 1. The molecule has 1 amide bonds. The largest absolute Gasteiger partial charge is 0.497 e. The summed E-state index contributed by atoms with van der Waals surface area (Å²) in [6.07, 6.45) is 3.48.